The van der Waals surface area contributed by atoms with E-state index in [0.717, 1.165) is 10.5 Å². The van der Waals surface area contributed by atoms with Crippen molar-refractivity contribution >= 4 is 11.8 Å². The molecule has 84 valence electrons. The van der Waals surface area contributed by atoms with Crippen LogP contribution in [0.1, 0.15) is 5.56 Å². The van der Waals surface area contributed by atoms with Crippen molar-refractivity contribution in [3.05, 3.63) is 35.9 Å². The molecule has 2 N–H and O–H groups in total. The fraction of sp³-hybridized carbons (Fsp3) is 0.200. The van der Waals surface area contributed by atoms with Crippen molar-refractivity contribution in [1.82, 2.24) is 20.5 Å². The Labute approximate surface area is 96.7 Å². The maximum absolute atomic E-state index is 13.1. The molecule has 0 bridgehead atoms. The van der Waals surface area contributed by atoms with Gasteiger partial charge in [0.25, 0.3) is 0 Å². The first-order chi connectivity index (χ1) is 7.79. The first kappa shape index (κ1) is 11.1. The third kappa shape index (κ3) is 2.59. The van der Waals surface area contributed by atoms with E-state index in [2.05, 4.69) is 20.5 Å². The van der Waals surface area contributed by atoms with Crippen LogP contribution in [0.4, 0.5) is 4.39 Å². The molecule has 0 aliphatic rings. The standard InChI is InChI=1S/C10H11FN4S/c1-12-5-7-4-8(11)2-3-9(7)16-10-13-6-14-15-10/h2-4,6,12H,5H2,1H3,(H,13,14,15). The van der Waals surface area contributed by atoms with Crippen molar-refractivity contribution in [3.63, 3.8) is 0 Å². The van der Waals surface area contributed by atoms with Gasteiger partial charge in [-0.05, 0) is 30.8 Å². The molecule has 0 radical (unpaired) electrons. The zero-order valence-electron chi connectivity index (χ0n) is 8.70. The summed E-state index contributed by atoms with van der Waals surface area (Å²) in [5.74, 6) is -0.229. The predicted octanol–water partition coefficient (Wildman–Crippen LogP) is 1.81. The van der Waals surface area contributed by atoms with Crippen molar-refractivity contribution in [1.29, 1.82) is 0 Å². The van der Waals surface area contributed by atoms with E-state index in [4.69, 9.17) is 0 Å². The molecule has 1 heterocycles. The summed E-state index contributed by atoms with van der Waals surface area (Å²) < 4.78 is 13.1. The lowest BCUT2D eigenvalue weighted by Gasteiger charge is -2.07. The molecule has 0 amide bonds. The summed E-state index contributed by atoms with van der Waals surface area (Å²) in [6.45, 7) is 0.619. The molecule has 0 atom stereocenters. The molecule has 6 heteroatoms. The SMILES string of the molecule is CNCc1cc(F)ccc1Sc1ncn[nH]1. The van der Waals surface area contributed by atoms with Crippen molar-refractivity contribution in [2.24, 2.45) is 0 Å². The van der Waals surface area contributed by atoms with Crippen LogP contribution in [-0.4, -0.2) is 22.2 Å². The lowest BCUT2D eigenvalue weighted by molar-refractivity contribution is 0.621. The number of aromatic nitrogens is 3. The minimum absolute atomic E-state index is 0.229. The number of hydrogen-bond acceptors (Lipinski definition) is 4. The number of H-pyrrole nitrogens is 1. The number of nitrogens with zero attached hydrogens (tertiary/aromatic N) is 2. The summed E-state index contributed by atoms with van der Waals surface area (Å²) in [4.78, 5) is 4.98. The van der Waals surface area contributed by atoms with Crippen LogP contribution >= 0.6 is 11.8 Å². The van der Waals surface area contributed by atoms with Crippen LogP contribution in [0.25, 0.3) is 0 Å². The Balaban J connectivity index is 2.25. The maximum atomic E-state index is 13.1. The largest absolute Gasteiger partial charge is 0.316 e. The molecule has 2 rings (SSSR count). The van der Waals surface area contributed by atoms with Crippen molar-refractivity contribution in [2.75, 3.05) is 7.05 Å². The lowest BCUT2D eigenvalue weighted by atomic mass is 10.2. The number of rotatable bonds is 4. The molecule has 0 saturated carbocycles. The molecule has 1 aromatic heterocycles. The van der Waals surface area contributed by atoms with Gasteiger partial charge < -0.3 is 5.32 Å². The second kappa shape index (κ2) is 5.09. The highest BCUT2D eigenvalue weighted by Gasteiger charge is 2.07. The smallest absolute Gasteiger partial charge is 0.188 e. The fourth-order valence-electron chi connectivity index (χ4n) is 1.32. The third-order valence-corrected chi connectivity index (χ3v) is 3.00. The normalized spacial score (nSPS) is 10.6. The van der Waals surface area contributed by atoms with Crippen LogP contribution in [0.2, 0.25) is 0 Å². The van der Waals surface area contributed by atoms with Gasteiger partial charge in [-0.15, -0.1) is 0 Å². The molecule has 4 nitrogen and oxygen atoms in total. The minimum atomic E-state index is -0.229. The second-order valence-electron chi connectivity index (χ2n) is 3.18. The zero-order valence-corrected chi connectivity index (χ0v) is 9.51. The number of halogens is 1. The van der Waals surface area contributed by atoms with Gasteiger partial charge in [0.05, 0.1) is 0 Å². The van der Waals surface area contributed by atoms with Crippen molar-refractivity contribution in [2.45, 2.75) is 16.6 Å². The van der Waals surface area contributed by atoms with E-state index in [-0.39, 0.29) is 5.82 Å². The first-order valence-electron chi connectivity index (χ1n) is 4.76. The molecule has 0 spiro atoms. The van der Waals surface area contributed by atoms with Crippen LogP contribution in [0.3, 0.4) is 0 Å². The van der Waals surface area contributed by atoms with E-state index in [1.54, 1.807) is 6.07 Å². The van der Waals surface area contributed by atoms with Gasteiger partial charge in [0.1, 0.15) is 12.1 Å². The van der Waals surface area contributed by atoms with Crippen LogP contribution < -0.4 is 5.32 Å². The predicted molar refractivity (Wildman–Crippen MR) is 59.7 cm³/mol. The Bertz CT molecular complexity index is 458. The molecule has 0 saturated heterocycles. The molecule has 1 aromatic carbocycles. The van der Waals surface area contributed by atoms with Crippen LogP contribution in [-0.2, 0) is 6.54 Å². The number of aromatic amines is 1. The van der Waals surface area contributed by atoms with E-state index >= 15 is 0 Å². The Kier molecular flexibility index (Phi) is 3.53. The van der Waals surface area contributed by atoms with Gasteiger partial charge >= 0.3 is 0 Å². The van der Waals surface area contributed by atoms with Crippen LogP contribution in [0.15, 0.2) is 34.6 Å². The van der Waals surface area contributed by atoms with Gasteiger partial charge in [-0.25, -0.2) is 9.37 Å². The Morgan fingerprint density at radius 2 is 2.38 bits per heavy atom. The first-order valence-corrected chi connectivity index (χ1v) is 5.57. The fourth-order valence-corrected chi connectivity index (χ4v) is 2.13. The van der Waals surface area contributed by atoms with Crippen molar-refractivity contribution < 1.29 is 4.39 Å². The summed E-state index contributed by atoms with van der Waals surface area (Å²) in [5, 5.41) is 10.2. The van der Waals surface area contributed by atoms with E-state index in [1.807, 2.05) is 7.05 Å². The molecular weight excluding hydrogens is 227 g/mol. The van der Waals surface area contributed by atoms with E-state index in [1.165, 1.54) is 30.2 Å². The number of hydrogen-bond donors (Lipinski definition) is 2. The molecule has 0 fully saturated rings. The van der Waals surface area contributed by atoms with Gasteiger partial charge in [0.15, 0.2) is 5.16 Å². The summed E-state index contributed by atoms with van der Waals surface area (Å²) in [7, 11) is 1.83. The zero-order chi connectivity index (χ0) is 11.4. The van der Waals surface area contributed by atoms with Crippen LogP contribution in [0, 0.1) is 5.82 Å². The van der Waals surface area contributed by atoms with E-state index in [0.29, 0.717) is 11.7 Å². The van der Waals surface area contributed by atoms with Gasteiger partial charge in [0, 0.05) is 11.4 Å². The lowest BCUT2D eigenvalue weighted by Crippen LogP contribution is -2.06. The molecule has 0 aliphatic carbocycles. The average Bonchev–Trinajstić information content (AvgIpc) is 2.75. The van der Waals surface area contributed by atoms with Crippen molar-refractivity contribution in [3.8, 4) is 0 Å². The Hall–Kier alpha value is -1.40. The van der Waals surface area contributed by atoms with E-state index < -0.39 is 0 Å². The Morgan fingerprint density at radius 1 is 1.50 bits per heavy atom. The number of nitrogens with one attached hydrogen (secondary N) is 2. The van der Waals surface area contributed by atoms with Gasteiger partial charge in [-0.1, -0.05) is 11.8 Å². The van der Waals surface area contributed by atoms with Gasteiger partial charge in [-0.2, -0.15) is 5.10 Å². The second-order valence-corrected chi connectivity index (χ2v) is 4.21. The summed E-state index contributed by atoms with van der Waals surface area (Å²) in [5.41, 5.74) is 0.906. The highest BCUT2D eigenvalue weighted by molar-refractivity contribution is 7.99. The van der Waals surface area contributed by atoms with Crippen LogP contribution in [0.5, 0.6) is 0 Å². The van der Waals surface area contributed by atoms with E-state index in [9.17, 15) is 4.39 Å². The highest BCUT2D eigenvalue weighted by Crippen LogP contribution is 2.28. The molecule has 0 unspecified atom stereocenters. The average molecular weight is 238 g/mol. The van der Waals surface area contributed by atoms with Gasteiger partial charge in [-0.3, -0.25) is 5.10 Å². The summed E-state index contributed by atoms with van der Waals surface area (Å²) in [6, 6.07) is 4.71. The maximum Gasteiger partial charge on any atom is 0.188 e. The van der Waals surface area contributed by atoms with Gasteiger partial charge in [0.2, 0.25) is 0 Å². The quantitative estimate of drug-likeness (QED) is 0.853. The molecule has 16 heavy (non-hydrogen) atoms. The molecular formula is C10H11FN4S. The highest BCUT2D eigenvalue weighted by atomic mass is 32.2. The molecule has 2 aromatic rings. The monoisotopic (exact) mass is 238 g/mol. The summed E-state index contributed by atoms with van der Waals surface area (Å²) >= 11 is 1.43. The topological polar surface area (TPSA) is 53.6 Å². The minimum Gasteiger partial charge on any atom is -0.316 e. The third-order valence-electron chi connectivity index (χ3n) is 1.99. The summed E-state index contributed by atoms with van der Waals surface area (Å²) in [6.07, 6.45) is 1.45. The number of benzene rings is 1. The molecule has 0 aliphatic heterocycles. The Morgan fingerprint density at radius 3 is 3.06 bits per heavy atom.